The molecule has 0 fully saturated rings. The molecule has 198 valence electrons. The number of anilines is 2. The molecule has 9 heteroatoms. The number of para-hydroxylation sites is 1. The normalized spacial score (nSPS) is 14.8. The van der Waals surface area contributed by atoms with E-state index >= 15 is 0 Å². The summed E-state index contributed by atoms with van der Waals surface area (Å²) in [5, 5.41) is 20.3. The topological polar surface area (TPSA) is 103 Å². The van der Waals surface area contributed by atoms with Gasteiger partial charge in [0.2, 0.25) is 5.91 Å². The quantitative estimate of drug-likeness (QED) is 0.279. The molecule has 1 heterocycles. The Morgan fingerprint density at radius 3 is 2.41 bits per heavy atom. The summed E-state index contributed by atoms with van der Waals surface area (Å²) >= 11 is 7.22. The van der Waals surface area contributed by atoms with Gasteiger partial charge in [-0.15, -0.1) is 0 Å². The van der Waals surface area contributed by atoms with Crippen LogP contribution in [0.4, 0.5) is 11.4 Å². The van der Waals surface area contributed by atoms with Crippen molar-refractivity contribution in [2.24, 2.45) is 0 Å². The number of benzene rings is 3. The van der Waals surface area contributed by atoms with E-state index in [1.807, 2.05) is 49.4 Å². The number of hydrogen-bond acceptors (Lipinski definition) is 6. The lowest BCUT2D eigenvalue weighted by atomic mass is 9.82. The first-order chi connectivity index (χ1) is 18.9. The summed E-state index contributed by atoms with van der Waals surface area (Å²) in [6.45, 7) is 4.22. The standard InChI is InChI=1S/C30H27ClN4O3S/c1-3-38-24-14-12-20(13-15-24)28-25(17-32)30(39-18-26(36)34-23-11-7-8-21(31)16-23)33-19(2)27(28)29(37)35-22-9-5-4-6-10-22/h4-16,28,33H,3,18H2,1-2H3,(H,34,36)(H,35,37)/t28-/m1/s1. The molecule has 0 saturated carbocycles. The van der Waals surface area contributed by atoms with Crippen molar-refractivity contribution in [3.05, 3.63) is 111 Å². The maximum atomic E-state index is 13.5. The summed E-state index contributed by atoms with van der Waals surface area (Å²) < 4.78 is 5.58. The molecule has 0 aromatic heterocycles. The lowest BCUT2D eigenvalue weighted by molar-refractivity contribution is -0.114. The second kappa shape index (κ2) is 13.1. The van der Waals surface area contributed by atoms with Crippen LogP contribution in [0.3, 0.4) is 0 Å². The van der Waals surface area contributed by atoms with E-state index in [4.69, 9.17) is 16.3 Å². The van der Waals surface area contributed by atoms with Crippen molar-refractivity contribution in [3.63, 3.8) is 0 Å². The van der Waals surface area contributed by atoms with E-state index in [2.05, 4.69) is 22.0 Å². The molecular weight excluding hydrogens is 532 g/mol. The molecule has 0 radical (unpaired) electrons. The van der Waals surface area contributed by atoms with Crippen molar-refractivity contribution in [2.45, 2.75) is 19.8 Å². The molecule has 39 heavy (non-hydrogen) atoms. The summed E-state index contributed by atoms with van der Waals surface area (Å²) in [5.41, 5.74) is 3.36. The zero-order chi connectivity index (χ0) is 27.8. The van der Waals surface area contributed by atoms with E-state index in [1.54, 1.807) is 43.3 Å². The molecule has 1 aliphatic heterocycles. The minimum absolute atomic E-state index is 0.0504. The monoisotopic (exact) mass is 558 g/mol. The smallest absolute Gasteiger partial charge is 0.254 e. The number of thioether (sulfide) groups is 1. The molecule has 1 atom stereocenters. The fraction of sp³-hybridized carbons (Fsp3) is 0.167. The van der Waals surface area contributed by atoms with Gasteiger partial charge in [-0.05, 0) is 61.9 Å². The van der Waals surface area contributed by atoms with Gasteiger partial charge in [-0.3, -0.25) is 9.59 Å². The molecule has 0 unspecified atom stereocenters. The van der Waals surface area contributed by atoms with Crippen molar-refractivity contribution >= 4 is 46.6 Å². The van der Waals surface area contributed by atoms with Crippen LogP contribution < -0.4 is 20.7 Å². The van der Waals surface area contributed by atoms with E-state index in [1.165, 1.54) is 11.8 Å². The molecule has 2 amide bonds. The lowest BCUT2D eigenvalue weighted by Gasteiger charge is -2.30. The highest BCUT2D eigenvalue weighted by atomic mass is 35.5. The molecule has 1 aliphatic rings. The fourth-order valence-electron chi connectivity index (χ4n) is 4.20. The summed E-state index contributed by atoms with van der Waals surface area (Å²) in [6.07, 6.45) is 0. The highest BCUT2D eigenvalue weighted by Crippen LogP contribution is 2.41. The summed E-state index contributed by atoms with van der Waals surface area (Å²) in [5.74, 6) is -0.467. The van der Waals surface area contributed by atoms with Crippen molar-refractivity contribution in [1.29, 1.82) is 5.26 Å². The van der Waals surface area contributed by atoms with Crippen molar-refractivity contribution in [1.82, 2.24) is 5.32 Å². The van der Waals surface area contributed by atoms with Crippen LogP contribution in [0.5, 0.6) is 5.75 Å². The van der Waals surface area contributed by atoms with E-state index in [-0.39, 0.29) is 17.6 Å². The Bertz CT molecular complexity index is 1460. The highest BCUT2D eigenvalue weighted by molar-refractivity contribution is 8.03. The van der Waals surface area contributed by atoms with Crippen LogP contribution in [0, 0.1) is 11.3 Å². The number of rotatable bonds is 9. The summed E-state index contributed by atoms with van der Waals surface area (Å²) in [7, 11) is 0. The average Bonchev–Trinajstić information content (AvgIpc) is 2.92. The molecule has 3 N–H and O–H groups in total. The van der Waals surface area contributed by atoms with Gasteiger partial charge in [0.25, 0.3) is 5.91 Å². The molecule has 7 nitrogen and oxygen atoms in total. The first-order valence-electron chi connectivity index (χ1n) is 12.3. The van der Waals surface area contributed by atoms with Gasteiger partial charge in [-0.1, -0.05) is 59.8 Å². The minimum atomic E-state index is -0.644. The predicted molar refractivity (Wildman–Crippen MR) is 156 cm³/mol. The molecular formula is C30H27ClN4O3S. The third-order valence-electron chi connectivity index (χ3n) is 5.90. The van der Waals surface area contributed by atoms with Crippen LogP contribution in [0.1, 0.15) is 25.3 Å². The number of amides is 2. The van der Waals surface area contributed by atoms with E-state index < -0.39 is 5.92 Å². The number of nitrogens with zero attached hydrogens (tertiary/aromatic N) is 1. The van der Waals surface area contributed by atoms with E-state index in [0.29, 0.717) is 50.6 Å². The van der Waals surface area contributed by atoms with Crippen molar-refractivity contribution < 1.29 is 14.3 Å². The van der Waals surface area contributed by atoms with E-state index in [0.717, 1.165) is 5.56 Å². The van der Waals surface area contributed by atoms with Crippen LogP contribution in [-0.2, 0) is 9.59 Å². The summed E-state index contributed by atoms with van der Waals surface area (Å²) in [4.78, 5) is 26.2. The number of ether oxygens (including phenoxy) is 1. The highest BCUT2D eigenvalue weighted by Gasteiger charge is 2.35. The van der Waals surface area contributed by atoms with Gasteiger partial charge in [-0.25, -0.2) is 0 Å². The Morgan fingerprint density at radius 2 is 1.74 bits per heavy atom. The average molecular weight is 559 g/mol. The Kier molecular flexibility index (Phi) is 9.31. The van der Waals surface area contributed by atoms with Crippen molar-refractivity contribution in [3.8, 4) is 11.8 Å². The molecule has 3 aromatic carbocycles. The van der Waals surface area contributed by atoms with Gasteiger partial charge < -0.3 is 20.7 Å². The largest absolute Gasteiger partial charge is 0.494 e. The SMILES string of the molecule is CCOc1ccc([C@@H]2C(C#N)=C(SCC(=O)Nc3cccc(Cl)c3)NC(C)=C2C(=O)Nc2ccccc2)cc1. The third kappa shape index (κ3) is 7.02. The number of carbonyl (C=O) groups is 2. The lowest BCUT2D eigenvalue weighted by Crippen LogP contribution is -2.31. The predicted octanol–water partition coefficient (Wildman–Crippen LogP) is 6.45. The Morgan fingerprint density at radius 1 is 1.03 bits per heavy atom. The van der Waals surface area contributed by atoms with Crippen LogP contribution >= 0.6 is 23.4 Å². The second-order valence-corrected chi connectivity index (χ2v) is 10.0. The number of allylic oxidation sites excluding steroid dienone is 2. The molecule has 0 bridgehead atoms. The zero-order valence-electron chi connectivity index (χ0n) is 21.5. The van der Waals surface area contributed by atoms with E-state index in [9.17, 15) is 14.9 Å². The first-order valence-corrected chi connectivity index (χ1v) is 13.7. The van der Waals surface area contributed by atoms with Crippen LogP contribution in [0.25, 0.3) is 0 Å². The van der Waals surface area contributed by atoms with Gasteiger partial charge in [-0.2, -0.15) is 5.26 Å². The Hall–Kier alpha value is -4.19. The van der Waals surface area contributed by atoms with Gasteiger partial charge in [0.1, 0.15) is 5.75 Å². The number of halogens is 1. The second-order valence-electron chi connectivity index (χ2n) is 8.62. The Balaban J connectivity index is 1.64. The van der Waals surface area contributed by atoms with Crippen LogP contribution in [0.15, 0.2) is 101 Å². The number of hydrogen-bond donors (Lipinski definition) is 3. The van der Waals surface area contributed by atoms with Crippen molar-refractivity contribution in [2.75, 3.05) is 23.0 Å². The molecule has 0 saturated heterocycles. The van der Waals surface area contributed by atoms with Gasteiger partial charge in [0, 0.05) is 27.7 Å². The summed E-state index contributed by atoms with van der Waals surface area (Å²) in [6, 6.07) is 25.7. The molecule has 3 aromatic rings. The number of nitrogens with one attached hydrogen (secondary N) is 3. The number of nitriles is 1. The van der Waals surface area contributed by atoms with Gasteiger partial charge in [0.15, 0.2) is 0 Å². The molecule has 0 aliphatic carbocycles. The minimum Gasteiger partial charge on any atom is -0.494 e. The van der Waals surface area contributed by atoms with Gasteiger partial charge in [0.05, 0.1) is 34.9 Å². The number of dihydropyridines is 1. The first kappa shape index (κ1) is 27.8. The van der Waals surface area contributed by atoms with Crippen LogP contribution in [0.2, 0.25) is 5.02 Å². The molecule has 0 spiro atoms. The third-order valence-corrected chi connectivity index (χ3v) is 7.16. The molecule has 4 rings (SSSR count). The zero-order valence-corrected chi connectivity index (χ0v) is 23.0. The fourth-order valence-corrected chi connectivity index (χ4v) is 5.29. The maximum Gasteiger partial charge on any atom is 0.254 e. The maximum absolute atomic E-state index is 13.5. The van der Waals surface area contributed by atoms with Crippen LogP contribution in [-0.4, -0.2) is 24.2 Å². The Labute approximate surface area is 236 Å². The number of carbonyl (C=O) groups excluding carboxylic acids is 2. The van der Waals surface area contributed by atoms with Gasteiger partial charge >= 0.3 is 0 Å².